The summed E-state index contributed by atoms with van der Waals surface area (Å²) in [6.07, 6.45) is 1.53. The summed E-state index contributed by atoms with van der Waals surface area (Å²) in [6.45, 7) is 1.76. The van der Waals surface area contributed by atoms with Crippen molar-refractivity contribution in [1.29, 1.82) is 0 Å². The van der Waals surface area contributed by atoms with Crippen molar-refractivity contribution in [1.82, 2.24) is 5.16 Å². The molecule has 0 bridgehead atoms. The number of phenols is 1. The lowest BCUT2D eigenvalue weighted by Crippen LogP contribution is -2.05. The number of aromatic hydroxyl groups is 1. The molecule has 0 aliphatic heterocycles. The SMILES string of the molecule is Cc1ccc(C(=O)OCc2cc(-c3ccco3)on2)c(O)c1. The van der Waals surface area contributed by atoms with Gasteiger partial charge in [0.15, 0.2) is 5.76 Å². The standard InChI is InChI=1S/C16H13NO5/c1-10-4-5-12(13(18)7-10)16(19)21-9-11-8-15(22-17-11)14-3-2-6-20-14/h2-8,18H,9H2,1H3. The van der Waals surface area contributed by atoms with Crippen LogP contribution in [0.5, 0.6) is 5.75 Å². The maximum Gasteiger partial charge on any atom is 0.342 e. The summed E-state index contributed by atoms with van der Waals surface area (Å²) in [5.41, 5.74) is 1.42. The van der Waals surface area contributed by atoms with Gasteiger partial charge in [-0.25, -0.2) is 4.79 Å². The van der Waals surface area contributed by atoms with Crippen molar-refractivity contribution < 1.29 is 23.6 Å². The third-order valence-corrected chi connectivity index (χ3v) is 3.05. The molecule has 0 atom stereocenters. The van der Waals surface area contributed by atoms with Gasteiger partial charge in [0, 0.05) is 6.07 Å². The molecular weight excluding hydrogens is 286 g/mol. The van der Waals surface area contributed by atoms with Gasteiger partial charge in [0.05, 0.1) is 6.26 Å². The first-order valence-electron chi connectivity index (χ1n) is 6.59. The Balaban J connectivity index is 1.66. The third kappa shape index (κ3) is 2.85. The molecule has 0 aliphatic carbocycles. The van der Waals surface area contributed by atoms with E-state index in [0.717, 1.165) is 5.56 Å². The van der Waals surface area contributed by atoms with Crippen molar-refractivity contribution in [3.05, 3.63) is 59.5 Å². The number of carbonyl (C=O) groups excluding carboxylic acids is 1. The molecule has 3 aromatic rings. The number of hydrogen-bond acceptors (Lipinski definition) is 6. The van der Waals surface area contributed by atoms with E-state index in [4.69, 9.17) is 13.7 Å². The normalized spacial score (nSPS) is 10.6. The first kappa shape index (κ1) is 13.9. The quantitative estimate of drug-likeness (QED) is 0.744. The first-order chi connectivity index (χ1) is 10.6. The van der Waals surface area contributed by atoms with Gasteiger partial charge in [-0.1, -0.05) is 11.2 Å². The van der Waals surface area contributed by atoms with Gasteiger partial charge >= 0.3 is 5.97 Å². The zero-order valence-electron chi connectivity index (χ0n) is 11.8. The average molecular weight is 299 g/mol. The number of aromatic nitrogens is 1. The van der Waals surface area contributed by atoms with Crippen molar-refractivity contribution in [2.45, 2.75) is 13.5 Å². The Labute approximate surface area is 125 Å². The molecule has 2 aromatic heterocycles. The fraction of sp³-hybridized carbons (Fsp3) is 0.125. The third-order valence-electron chi connectivity index (χ3n) is 3.05. The van der Waals surface area contributed by atoms with Gasteiger partial charge in [0.25, 0.3) is 0 Å². The van der Waals surface area contributed by atoms with Crippen molar-refractivity contribution in [3.8, 4) is 17.3 Å². The molecule has 6 nitrogen and oxygen atoms in total. The average Bonchev–Trinajstić information content (AvgIpc) is 3.16. The Morgan fingerprint density at radius 2 is 2.14 bits per heavy atom. The van der Waals surface area contributed by atoms with Gasteiger partial charge in [-0.3, -0.25) is 0 Å². The number of furan rings is 1. The van der Waals surface area contributed by atoms with E-state index < -0.39 is 5.97 Å². The van der Waals surface area contributed by atoms with Crippen LogP contribution in [0.1, 0.15) is 21.6 Å². The largest absolute Gasteiger partial charge is 0.507 e. The molecular formula is C16H13NO5. The fourth-order valence-electron chi connectivity index (χ4n) is 1.95. The minimum absolute atomic E-state index is 0.0592. The summed E-state index contributed by atoms with van der Waals surface area (Å²) in [7, 11) is 0. The maximum absolute atomic E-state index is 11.9. The van der Waals surface area contributed by atoms with E-state index in [9.17, 15) is 9.90 Å². The second-order valence-electron chi connectivity index (χ2n) is 4.76. The number of benzene rings is 1. The Morgan fingerprint density at radius 3 is 2.86 bits per heavy atom. The summed E-state index contributed by atoms with van der Waals surface area (Å²) in [6, 6.07) is 9.84. The van der Waals surface area contributed by atoms with Gasteiger partial charge < -0.3 is 18.8 Å². The Bertz CT molecular complexity index is 789. The molecule has 112 valence electrons. The summed E-state index contributed by atoms with van der Waals surface area (Å²) in [5, 5.41) is 13.5. The molecule has 0 radical (unpaired) electrons. The number of esters is 1. The van der Waals surface area contributed by atoms with Crippen LogP contribution in [0.3, 0.4) is 0 Å². The molecule has 0 saturated heterocycles. The number of aryl methyl sites for hydroxylation is 1. The van der Waals surface area contributed by atoms with Crippen LogP contribution in [0, 0.1) is 6.92 Å². The van der Waals surface area contributed by atoms with E-state index in [0.29, 0.717) is 17.2 Å². The summed E-state index contributed by atoms with van der Waals surface area (Å²) < 4.78 is 15.4. The number of phenolic OH excluding ortho intramolecular Hbond substituents is 1. The van der Waals surface area contributed by atoms with E-state index >= 15 is 0 Å². The number of rotatable bonds is 4. The molecule has 0 spiro atoms. The predicted molar refractivity (Wildman–Crippen MR) is 76.2 cm³/mol. The molecule has 0 amide bonds. The maximum atomic E-state index is 11.9. The van der Waals surface area contributed by atoms with Crippen molar-refractivity contribution in [2.24, 2.45) is 0 Å². The van der Waals surface area contributed by atoms with E-state index in [2.05, 4.69) is 5.16 Å². The van der Waals surface area contributed by atoms with Gasteiger partial charge in [-0.15, -0.1) is 0 Å². The molecule has 1 N–H and O–H groups in total. The van der Waals surface area contributed by atoms with Crippen LogP contribution in [-0.4, -0.2) is 16.2 Å². The highest BCUT2D eigenvalue weighted by Gasteiger charge is 2.15. The number of nitrogens with zero attached hydrogens (tertiary/aromatic N) is 1. The molecule has 0 unspecified atom stereocenters. The van der Waals surface area contributed by atoms with Gasteiger partial charge in [-0.05, 0) is 36.8 Å². The molecule has 22 heavy (non-hydrogen) atoms. The van der Waals surface area contributed by atoms with Crippen LogP contribution in [0.15, 0.2) is 51.6 Å². The number of hydrogen-bond donors (Lipinski definition) is 1. The van der Waals surface area contributed by atoms with Crippen LogP contribution in [0.4, 0.5) is 0 Å². The summed E-state index contributed by atoms with van der Waals surface area (Å²) in [5.74, 6) is 0.261. The van der Waals surface area contributed by atoms with Crippen molar-refractivity contribution >= 4 is 5.97 Å². The molecule has 0 saturated carbocycles. The smallest absolute Gasteiger partial charge is 0.342 e. The van der Waals surface area contributed by atoms with Crippen LogP contribution in [-0.2, 0) is 11.3 Å². The highest BCUT2D eigenvalue weighted by atomic mass is 16.5. The molecule has 0 aliphatic rings. The zero-order chi connectivity index (χ0) is 15.5. The lowest BCUT2D eigenvalue weighted by Gasteiger charge is -2.05. The molecule has 6 heteroatoms. The zero-order valence-corrected chi connectivity index (χ0v) is 11.8. The van der Waals surface area contributed by atoms with Crippen molar-refractivity contribution in [2.75, 3.05) is 0 Å². The lowest BCUT2D eigenvalue weighted by molar-refractivity contribution is 0.0461. The van der Waals surface area contributed by atoms with E-state index in [1.807, 2.05) is 6.92 Å². The summed E-state index contributed by atoms with van der Waals surface area (Å²) >= 11 is 0. The number of carbonyl (C=O) groups is 1. The van der Waals surface area contributed by atoms with Crippen LogP contribution < -0.4 is 0 Å². The minimum Gasteiger partial charge on any atom is -0.507 e. The predicted octanol–water partition coefficient (Wildman–Crippen LogP) is 3.31. The monoisotopic (exact) mass is 299 g/mol. The minimum atomic E-state index is -0.625. The van der Waals surface area contributed by atoms with E-state index in [1.165, 1.54) is 18.4 Å². The molecule has 1 aromatic carbocycles. The van der Waals surface area contributed by atoms with Crippen LogP contribution in [0.2, 0.25) is 0 Å². The molecule has 3 rings (SSSR count). The van der Waals surface area contributed by atoms with Gasteiger partial charge in [0.1, 0.15) is 23.6 Å². The van der Waals surface area contributed by atoms with Crippen molar-refractivity contribution in [3.63, 3.8) is 0 Å². The second-order valence-corrected chi connectivity index (χ2v) is 4.76. The molecule has 2 heterocycles. The topological polar surface area (TPSA) is 85.7 Å². The highest BCUT2D eigenvalue weighted by Crippen LogP contribution is 2.22. The molecule has 0 fully saturated rings. The van der Waals surface area contributed by atoms with Gasteiger partial charge in [-0.2, -0.15) is 0 Å². The second kappa shape index (κ2) is 5.77. The Hall–Kier alpha value is -3.02. The Morgan fingerprint density at radius 1 is 1.27 bits per heavy atom. The van der Waals surface area contributed by atoms with Crippen LogP contribution >= 0.6 is 0 Å². The number of ether oxygens (including phenoxy) is 1. The first-order valence-corrected chi connectivity index (χ1v) is 6.59. The van der Waals surface area contributed by atoms with E-state index in [1.54, 1.807) is 24.3 Å². The van der Waals surface area contributed by atoms with E-state index in [-0.39, 0.29) is 17.9 Å². The van der Waals surface area contributed by atoms with Crippen LogP contribution in [0.25, 0.3) is 11.5 Å². The highest BCUT2D eigenvalue weighted by molar-refractivity contribution is 5.92. The fourth-order valence-corrected chi connectivity index (χ4v) is 1.95. The summed E-state index contributed by atoms with van der Waals surface area (Å²) in [4.78, 5) is 11.9. The Kier molecular flexibility index (Phi) is 3.65. The lowest BCUT2D eigenvalue weighted by atomic mass is 10.1. The van der Waals surface area contributed by atoms with Gasteiger partial charge in [0.2, 0.25) is 5.76 Å².